The Morgan fingerprint density at radius 2 is 2.14 bits per heavy atom. The molecule has 7 heteroatoms. The molecule has 1 aliphatic rings. The van der Waals surface area contributed by atoms with E-state index < -0.39 is 15.8 Å². The Morgan fingerprint density at radius 3 is 2.71 bits per heavy atom. The van der Waals surface area contributed by atoms with Gasteiger partial charge in [-0.2, -0.15) is 0 Å². The summed E-state index contributed by atoms with van der Waals surface area (Å²) in [6, 6.07) is 4.36. The molecule has 0 bridgehead atoms. The highest BCUT2D eigenvalue weighted by atomic mass is 32.2. The van der Waals surface area contributed by atoms with E-state index in [9.17, 15) is 12.8 Å². The molecule has 21 heavy (non-hydrogen) atoms. The van der Waals surface area contributed by atoms with Gasteiger partial charge in [-0.15, -0.1) is 0 Å². The lowest BCUT2D eigenvalue weighted by Gasteiger charge is -2.24. The average molecular weight is 315 g/mol. The molecule has 0 aliphatic heterocycles. The number of hydrogen-bond acceptors (Lipinski definition) is 4. The van der Waals surface area contributed by atoms with Crippen molar-refractivity contribution < 1.29 is 12.8 Å². The summed E-state index contributed by atoms with van der Waals surface area (Å²) in [4.78, 5) is 2.23. The van der Waals surface area contributed by atoms with Gasteiger partial charge in [-0.1, -0.05) is 0 Å². The van der Waals surface area contributed by atoms with Gasteiger partial charge in [-0.05, 0) is 45.0 Å². The lowest BCUT2D eigenvalue weighted by Crippen LogP contribution is -2.41. The maximum Gasteiger partial charge on any atom is 0.240 e. The summed E-state index contributed by atoms with van der Waals surface area (Å²) in [6.07, 6.45) is 2.34. The van der Waals surface area contributed by atoms with Crippen LogP contribution in [-0.4, -0.2) is 39.0 Å². The topological polar surface area (TPSA) is 75.4 Å². The fourth-order valence-corrected chi connectivity index (χ4v) is 3.35. The van der Waals surface area contributed by atoms with E-state index in [1.54, 1.807) is 0 Å². The van der Waals surface area contributed by atoms with Gasteiger partial charge in [0.2, 0.25) is 10.0 Å². The smallest absolute Gasteiger partial charge is 0.240 e. The molecule has 1 saturated carbocycles. The predicted octanol–water partition coefficient (Wildman–Crippen LogP) is 1.05. The van der Waals surface area contributed by atoms with E-state index in [0.29, 0.717) is 12.6 Å². The van der Waals surface area contributed by atoms with Crippen LogP contribution >= 0.6 is 0 Å². The first kappa shape index (κ1) is 16.4. The molecule has 3 N–H and O–H groups in total. The third-order valence-corrected chi connectivity index (χ3v) is 5.36. The first-order valence-electron chi connectivity index (χ1n) is 7.05. The van der Waals surface area contributed by atoms with Crippen LogP contribution in [0.25, 0.3) is 0 Å². The van der Waals surface area contributed by atoms with Crippen molar-refractivity contribution in [2.45, 2.75) is 43.3 Å². The van der Waals surface area contributed by atoms with Crippen molar-refractivity contribution in [3.63, 3.8) is 0 Å². The Kier molecular flexibility index (Phi) is 4.98. The highest BCUT2D eigenvalue weighted by molar-refractivity contribution is 7.89. The standard InChI is InChI=1S/C14H22FN3O2S/c1-10(18(2)12-3-4-12)9-17-21(19,20)13-5-6-14(15)11(7-13)8-16/h5-7,10,12,17H,3-4,8-9,16H2,1-2H3. The summed E-state index contributed by atoms with van der Waals surface area (Å²) < 4.78 is 40.4. The lowest BCUT2D eigenvalue weighted by atomic mass is 10.2. The van der Waals surface area contributed by atoms with Gasteiger partial charge in [0.05, 0.1) is 4.90 Å². The van der Waals surface area contributed by atoms with Gasteiger partial charge in [0.25, 0.3) is 0 Å². The summed E-state index contributed by atoms with van der Waals surface area (Å²) in [6.45, 7) is 2.28. The highest BCUT2D eigenvalue weighted by Crippen LogP contribution is 2.26. The van der Waals surface area contributed by atoms with Crippen molar-refractivity contribution >= 4 is 10.0 Å². The second kappa shape index (κ2) is 6.39. The van der Waals surface area contributed by atoms with Gasteiger partial charge in [0.1, 0.15) is 5.82 Å². The van der Waals surface area contributed by atoms with Crippen molar-refractivity contribution in [2.75, 3.05) is 13.6 Å². The van der Waals surface area contributed by atoms with Gasteiger partial charge in [0, 0.05) is 30.7 Å². The van der Waals surface area contributed by atoms with Crippen molar-refractivity contribution in [2.24, 2.45) is 5.73 Å². The molecule has 0 amide bonds. The van der Waals surface area contributed by atoms with Gasteiger partial charge >= 0.3 is 0 Å². The van der Waals surface area contributed by atoms with E-state index in [2.05, 4.69) is 9.62 Å². The summed E-state index contributed by atoms with van der Waals surface area (Å²) in [5.74, 6) is -0.488. The molecule has 1 fully saturated rings. The second-order valence-corrected chi connectivity index (χ2v) is 7.32. The molecule has 1 unspecified atom stereocenters. The Morgan fingerprint density at radius 1 is 1.48 bits per heavy atom. The predicted molar refractivity (Wildman–Crippen MR) is 79.7 cm³/mol. The zero-order valence-corrected chi connectivity index (χ0v) is 13.2. The number of halogens is 1. The molecule has 1 aliphatic carbocycles. The monoisotopic (exact) mass is 315 g/mol. The molecule has 2 rings (SSSR count). The van der Waals surface area contributed by atoms with Crippen LogP contribution in [0.1, 0.15) is 25.3 Å². The normalized spacial score (nSPS) is 17.2. The van der Waals surface area contributed by atoms with E-state index in [1.165, 1.54) is 25.0 Å². The van der Waals surface area contributed by atoms with E-state index in [4.69, 9.17) is 5.73 Å². The molecule has 0 radical (unpaired) electrons. The molecular formula is C14H22FN3O2S. The SMILES string of the molecule is CC(CNS(=O)(=O)c1ccc(F)c(CN)c1)N(C)C1CC1. The van der Waals surface area contributed by atoms with E-state index in [1.807, 2.05) is 14.0 Å². The molecule has 0 aromatic heterocycles. The molecule has 1 aromatic rings. The first-order chi connectivity index (χ1) is 9.85. The average Bonchev–Trinajstić information content (AvgIpc) is 3.29. The van der Waals surface area contributed by atoms with Gasteiger partial charge in [-0.3, -0.25) is 4.90 Å². The minimum atomic E-state index is -3.64. The van der Waals surface area contributed by atoms with Crippen LogP contribution in [0.15, 0.2) is 23.1 Å². The fraction of sp³-hybridized carbons (Fsp3) is 0.571. The molecular weight excluding hydrogens is 293 g/mol. The fourth-order valence-electron chi connectivity index (χ4n) is 2.17. The van der Waals surface area contributed by atoms with Gasteiger partial charge in [0.15, 0.2) is 0 Å². The number of likely N-dealkylation sites (N-methyl/N-ethyl adjacent to an activating group) is 1. The van der Waals surface area contributed by atoms with Crippen LogP contribution in [0, 0.1) is 5.82 Å². The Hall–Kier alpha value is -1.02. The molecule has 118 valence electrons. The molecule has 1 atom stereocenters. The third kappa shape index (κ3) is 4.00. The van der Waals surface area contributed by atoms with Crippen LogP contribution in [0.3, 0.4) is 0 Å². The summed E-state index contributed by atoms with van der Waals surface area (Å²) >= 11 is 0. The number of hydrogen-bond donors (Lipinski definition) is 2. The van der Waals surface area contributed by atoms with Crippen LogP contribution in [0.2, 0.25) is 0 Å². The van der Waals surface area contributed by atoms with Crippen LogP contribution in [0.4, 0.5) is 4.39 Å². The number of rotatable bonds is 7. The summed E-state index contributed by atoms with van der Waals surface area (Å²) in [7, 11) is -1.64. The molecule has 5 nitrogen and oxygen atoms in total. The zero-order chi connectivity index (χ0) is 15.6. The van der Waals surface area contributed by atoms with Crippen LogP contribution in [-0.2, 0) is 16.6 Å². The highest BCUT2D eigenvalue weighted by Gasteiger charge is 2.29. The van der Waals surface area contributed by atoms with E-state index in [-0.39, 0.29) is 23.0 Å². The van der Waals surface area contributed by atoms with Crippen molar-refractivity contribution in [1.29, 1.82) is 0 Å². The van der Waals surface area contributed by atoms with E-state index in [0.717, 1.165) is 6.07 Å². The molecule has 0 spiro atoms. The largest absolute Gasteiger partial charge is 0.326 e. The van der Waals surface area contributed by atoms with Crippen LogP contribution < -0.4 is 10.5 Å². The van der Waals surface area contributed by atoms with Crippen LogP contribution in [0.5, 0.6) is 0 Å². The molecule has 1 aromatic carbocycles. The van der Waals surface area contributed by atoms with Crippen molar-refractivity contribution in [3.8, 4) is 0 Å². The van der Waals surface area contributed by atoms with Gasteiger partial charge in [-0.25, -0.2) is 17.5 Å². The number of nitrogens with zero attached hydrogens (tertiary/aromatic N) is 1. The number of nitrogens with one attached hydrogen (secondary N) is 1. The Labute approximate surface area is 125 Å². The Bertz CT molecular complexity index is 602. The zero-order valence-electron chi connectivity index (χ0n) is 12.3. The van der Waals surface area contributed by atoms with Gasteiger partial charge < -0.3 is 5.73 Å². The number of benzene rings is 1. The maximum absolute atomic E-state index is 13.4. The summed E-state index contributed by atoms with van der Waals surface area (Å²) in [5.41, 5.74) is 5.60. The minimum Gasteiger partial charge on any atom is -0.326 e. The minimum absolute atomic E-state index is 0.0317. The number of nitrogens with two attached hydrogens (primary N) is 1. The van der Waals surface area contributed by atoms with Crippen molar-refractivity contribution in [1.82, 2.24) is 9.62 Å². The third-order valence-electron chi connectivity index (χ3n) is 3.93. The second-order valence-electron chi connectivity index (χ2n) is 5.55. The first-order valence-corrected chi connectivity index (χ1v) is 8.53. The van der Waals surface area contributed by atoms with Crippen molar-refractivity contribution in [3.05, 3.63) is 29.6 Å². The summed E-state index contributed by atoms with van der Waals surface area (Å²) in [5, 5.41) is 0. The quantitative estimate of drug-likeness (QED) is 0.788. The molecule has 0 saturated heterocycles. The lowest BCUT2D eigenvalue weighted by molar-refractivity contribution is 0.248. The number of sulfonamides is 1. The maximum atomic E-state index is 13.4. The molecule has 0 heterocycles. The Balaban J connectivity index is 2.04. The van der Waals surface area contributed by atoms with E-state index >= 15 is 0 Å².